The van der Waals surface area contributed by atoms with Gasteiger partial charge in [0.2, 0.25) is 0 Å². The second kappa shape index (κ2) is 5.92. The van der Waals surface area contributed by atoms with Crippen molar-refractivity contribution in [1.29, 1.82) is 0 Å². The van der Waals surface area contributed by atoms with Crippen LogP contribution >= 0.6 is 31.9 Å². The molecule has 5 nitrogen and oxygen atoms in total. The van der Waals surface area contributed by atoms with E-state index in [0.29, 0.717) is 8.95 Å². The zero-order chi connectivity index (χ0) is 14.8. The molecule has 1 aromatic carbocycles. The van der Waals surface area contributed by atoms with Crippen molar-refractivity contribution >= 4 is 49.6 Å². The van der Waals surface area contributed by atoms with Crippen LogP contribution < -0.4 is 5.32 Å². The molecular weight excluding hydrogens is 382 g/mol. The summed E-state index contributed by atoms with van der Waals surface area (Å²) in [4.78, 5) is 22.9. The van der Waals surface area contributed by atoms with Crippen LogP contribution in [0.25, 0.3) is 0 Å². The summed E-state index contributed by atoms with van der Waals surface area (Å²) >= 11 is 6.34. The molecular formula is C12H13Br2NO4. The van der Waals surface area contributed by atoms with Crippen molar-refractivity contribution in [3.63, 3.8) is 0 Å². The van der Waals surface area contributed by atoms with Gasteiger partial charge in [-0.3, -0.25) is 5.32 Å². The fourth-order valence-electron chi connectivity index (χ4n) is 1.29. The number of nitrogens with one attached hydrogen (secondary N) is 1. The summed E-state index contributed by atoms with van der Waals surface area (Å²) in [7, 11) is 0. The van der Waals surface area contributed by atoms with Gasteiger partial charge in [-0.2, -0.15) is 0 Å². The van der Waals surface area contributed by atoms with Gasteiger partial charge < -0.3 is 9.84 Å². The fraction of sp³-hybridized carbons (Fsp3) is 0.333. The molecule has 0 saturated carbocycles. The number of ether oxygens (including phenoxy) is 1. The molecule has 0 radical (unpaired) electrons. The Morgan fingerprint density at radius 2 is 1.74 bits per heavy atom. The van der Waals surface area contributed by atoms with Gasteiger partial charge in [-0.1, -0.05) is 0 Å². The first-order chi connectivity index (χ1) is 8.61. The van der Waals surface area contributed by atoms with Gasteiger partial charge in [0, 0.05) is 8.95 Å². The number of hydrogen-bond acceptors (Lipinski definition) is 3. The summed E-state index contributed by atoms with van der Waals surface area (Å²) < 4.78 is 5.92. The molecule has 0 aliphatic heterocycles. The smallest absolute Gasteiger partial charge is 0.412 e. The number of carboxylic acid groups (broad SMARTS) is 1. The minimum atomic E-state index is -1.15. The van der Waals surface area contributed by atoms with E-state index in [-0.39, 0.29) is 11.3 Å². The average Bonchev–Trinajstić information content (AvgIpc) is 2.20. The Labute approximate surface area is 127 Å². The first kappa shape index (κ1) is 16.0. The second-order valence-electron chi connectivity index (χ2n) is 4.71. The molecule has 19 heavy (non-hydrogen) atoms. The number of carbonyl (C=O) groups is 2. The number of amides is 1. The molecule has 0 heterocycles. The summed E-state index contributed by atoms with van der Waals surface area (Å²) in [5, 5.41) is 11.6. The Balaban J connectivity index is 3.10. The SMILES string of the molecule is CC(C)(C)OC(=O)Nc1c(Br)ccc(Br)c1C(=O)O. The van der Waals surface area contributed by atoms with Gasteiger partial charge in [0.25, 0.3) is 0 Å². The van der Waals surface area contributed by atoms with Crippen LogP contribution in [-0.2, 0) is 4.74 Å². The molecule has 0 bridgehead atoms. The zero-order valence-electron chi connectivity index (χ0n) is 10.6. The number of carboxylic acids is 1. The Morgan fingerprint density at radius 1 is 1.21 bits per heavy atom. The van der Waals surface area contributed by atoms with Crippen LogP contribution in [0.4, 0.5) is 10.5 Å². The molecule has 0 atom stereocenters. The van der Waals surface area contributed by atoms with Gasteiger partial charge >= 0.3 is 12.1 Å². The van der Waals surface area contributed by atoms with Gasteiger partial charge in [-0.05, 0) is 64.8 Å². The Bertz CT molecular complexity index is 523. The van der Waals surface area contributed by atoms with E-state index in [2.05, 4.69) is 37.2 Å². The maximum absolute atomic E-state index is 11.7. The van der Waals surface area contributed by atoms with Crippen LogP contribution in [0.3, 0.4) is 0 Å². The van der Waals surface area contributed by atoms with Crippen LogP contribution in [0, 0.1) is 0 Å². The van der Waals surface area contributed by atoms with Crippen molar-refractivity contribution < 1.29 is 19.4 Å². The van der Waals surface area contributed by atoms with Crippen molar-refractivity contribution in [1.82, 2.24) is 0 Å². The molecule has 7 heteroatoms. The molecule has 0 spiro atoms. The lowest BCUT2D eigenvalue weighted by atomic mass is 10.2. The van der Waals surface area contributed by atoms with Crippen LogP contribution in [0.15, 0.2) is 21.1 Å². The minimum Gasteiger partial charge on any atom is -0.478 e. The van der Waals surface area contributed by atoms with Crippen LogP contribution in [0.2, 0.25) is 0 Å². The lowest BCUT2D eigenvalue weighted by molar-refractivity contribution is 0.0636. The van der Waals surface area contributed by atoms with Gasteiger partial charge in [-0.15, -0.1) is 0 Å². The molecule has 1 aromatic rings. The Hall–Kier alpha value is -1.08. The number of rotatable bonds is 2. The normalized spacial score (nSPS) is 11.0. The molecule has 1 rings (SSSR count). The van der Waals surface area contributed by atoms with Gasteiger partial charge in [-0.25, -0.2) is 9.59 Å². The molecule has 0 aliphatic carbocycles. The summed E-state index contributed by atoms with van der Waals surface area (Å²) in [6.07, 6.45) is -0.714. The van der Waals surface area contributed by atoms with E-state index in [1.165, 1.54) is 0 Å². The van der Waals surface area contributed by atoms with Crippen molar-refractivity contribution in [2.24, 2.45) is 0 Å². The minimum absolute atomic E-state index is 0.0414. The topological polar surface area (TPSA) is 75.6 Å². The standard InChI is InChI=1S/C12H13Br2NO4/c1-12(2,3)19-11(18)15-9-7(14)5-4-6(13)8(9)10(16)17/h4-5H,1-3H3,(H,15,18)(H,16,17). The number of halogens is 2. The molecule has 2 N–H and O–H groups in total. The quantitative estimate of drug-likeness (QED) is 0.785. The predicted octanol–water partition coefficient (Wildman–Crippen LogP) is 4.26. The molecule has 0 saturated heterocycles. The number of hydrogen-bond donors (Lipinski definition) is 2. The molecule has 0 aromatic heterocycles. The molecule has 1 amide bonds. The van der Waals surface area contributed by atoms with Gasteiger partial charge in [0.05, 0.1) is 11.3 Å². The monoisotopic (exact) mass is 393 g/mol. The van der Waals surface area contributed by atoms with Crippen LogP contribution in [0.5, 0.6) is 0 Å². The Morgan fingerprint density at radius 3 is 2.21 bits per heavy atom. The maximum atomic E-state index is 11.7. The highest BCUT2D eigenvalue weighted by Crippen LogP contribution is 2.32. The lowest BCUT2D eigenvalue weighted by Gasteiger charge is -2.20. The summed E-state index contributed by atoms with van der Waals surface area (Å²) in [5.41, 5.74) is -0.553. The number of aromatic carboxylic acids is 1. The second-order valence-corrected chi connectivity index (χ2v) is 6.42. The largest absolute Gasteiger partial charge is 0.478 e. The highest BCUT2D eigenvalue weighted by molar-refractivity contribution is 9.11. The number of anilines is 1. The summed E-state index contributed by atoms with van der Waals surface area (Å²) in [6, 6.07) is 3.21. The zero-order valence-corrected chi connectivity index (χ0v) is 13.8. The van der Waals surface area contributed by atoms with E-state index in [0.717, 1.165) is 0 Å². The molecule has 0 aliphatic rings. The van der Waals surface area contributed by atoms with Gasteiger partial charge in [0.15, 0.2) is 0 Å². The molecule has 0 fully saturated rings. The van der Waals surface area contributed by atoms with E-state index >= 15 is 0 Å². The molecule has 0 unspecified atom stereocenters. The maximum Gasteiger partial charge on any atom is 0.412 e. The van der Waals surface area contributed by atoms with Crippen molar-refractivity contribution in [2.75, 3.05) is 5.32 Å². The number of carbonyl (C=O) groups excluding carboxylic acids is 1. The summed E-state index contributed by atoms with van der Waals surface area (Å²) in [6.45, 7) is 5.17. The van der Waals surface area contributed by atoms with E-state index in [1.807, 2.05) is 0 Å². The average molecular weight is 395 g/mol. The lowest BCUT2D eigenvalue weighted by Crippen LogP contribution is -2.28. The third kappa shape index (κ3) is 4.50. The van der Waals surface area contributed by atoms with E-state index in [4.69, 9.17) is 4.74 Å². The summed E-state index contributed by atoms with van der Waals surface area (Å²) in [5.74, 6) is -1.15. The van der Waals surface area contributed by atoms with Crippen LogP contribution in [0.1, 0.15) is 31.1 Å². The van der Waals surface area contributed by atoms with E-state index in [1.54, 1.807) is 32.9 Å². The van der Waals surface area contributed by atoms with Crippen LogP contribution in [-0.4, -0.2) is 22.8 Å². The van der Waals surface area contributed by atoms with Crippen molar-refractivity contribution in [3.05, 3.63) is 26.6 Å². The number of benzene rings is 1. The van der Waals surface area contributed by atoms with Gasteiger partial charge in [0.1, 0.15) is 5.60 Å². The third-order valence-corrected chi connectivity index (χ3v) is 3.27. The molecule has 104 valence electrons. The van der Waals surface area contributed by atoms with E-state index < -0.39 is 17.7 Å². The third-order valence-electron chi connectivity index (χ3n) is 1.94. The van der Waals surface area contributed by atoms with Crippen molar-refractivity contribution in [3.8, 4) is 0 Å². The highest BCUT2D eigenvalue weighted by atomic mass is 79.9. The Kier molecular flexibility index (Phi) is 4.98. The first-order valence-electron chi connectivity index (χ1n) is 5.33. The fourth-order valence-corrected chi connectivity index (χ4v) is 2.22. The van der Waals surface area contributed by atoms with E-state index in [9.17, 15) is 14.7 Å². The highest BCUT2D eigenvalue weighted by Gasteiger charge is 2.22. The first-order valence-corrected chi connectivity index (χ1v) is 6.91. The van der Waals surface area contributed by atoms with Crippen molar-refractivity contribution in [2.45, 2.75) is 26.4 Å². The predicted molar refractivity (Wildman–Crippen MR) is 78.7 cm³/mol.